The molecule has 0 fully saturated rings. The predicted molar refractivity (Wildman–Crippen MR) is 67.2 cm³/mol. The Kier molecular flexibility index (Phi) is 2.98. The van der Waals surface area contributed by atoms with Crippen LogP contribution in [0.4, 0.5) is 5.69 Å². The number of aliphatic imine (C=N–C) groups is 1. The number of rotatable bonds is 1. The zero-order valence-electron chi connectivity index (χ0n) is 8.79. The first kappa shape index (κ1) is 10.1. The van der Waals surface area contributed by atoms with Crippen LogP contribution in [0.3, 0.4) is 0 Å². The smallest absolute Gasteiger partial charge is 0.174 e. The van der Waals surface area contributed by atoms with Crippen molar-refractivity contribution in [2.75, 3.05) is 11.9 Å². The molecule has 76 valence electrons. The van der Waals surface area contributed by atoms with Gasteiger partial charge in [0.25, 0.3) is 0 Å². The lowest BCUT2D eigenvalue weighted by Crippen LogP contribution is -2.11. The number of nitrogens with one attached hydrogen (secondary N) is 1. The van der Waals surface area contributed by atoms with Gasteiger partial charge in [-0.25, -0.2) is 4.99 Å². The Morgan fingerprint density at radius 1 is 1.33 bits per heavy atom. The van der Waals surface area contributed by atoms with Gasteiger partial charge in [-0.2, -0.15) is 0 Å². The Labute approximate surface area is 94.2 Å². The Hall–Kier alpha value is -1.40. The van der Waals surface area contributed by atoms with Gasteiger partial charge < -0.3 is 5.32 Å². The molecular formula is C12H12N2S. The van der Waals surface area contributed by atoms with Crippen molar-refractivity contribution in [3.63, 3.8) is 0 Å². The van der Waals surface area contributed by atoms with E-state index < -0.39 is 0 Å². The van der Waals surface area contributed by atoms with Crippen LogP contribution in [0.15, 0.2) is 23.2 Å². The maximum atomic E-state index is 4.30. The molecule has 1 aromatic carbocycles. The first-order chi connectivity index (χ1) is 7.27. The van der Waals surface area contributed by atoms with E-state index in [4.69, 9.17) is 0 Å². The number of hydrogen-bond donors (Lipinski definition) is 1. The molecule has 0 unspecified atom stereocenters. The fraction of sp³-hybridized carbons (Fsp3) is 0.250. The van der Waals surface area contributed by atoms with E-state index in [-0.39, 0.29) is 0 Å². The van der Waals surface area contributed by atoms with E-state index in [2.05, 4.69) is 53.5 Å². The van der Waals surface area contributed by atoms with Crippen molar-refractivity contribution in [1.29, 1.82) is 0 Å². The summed E-state index contributed by atoms with van der Waals surface area (Å²) in [5.41, 5.74) is 3.61. The molecule has 0 aromatic heterocycles. The summed E-state index contributed by atoms with van der Waals surface area (Å²) in [7, 11) is 0. The number of para-hydroxylation sites is 1. The van der Waals surface area contributed by atoms with E-state index in [1.807, 2.05) is 0 Å². The summed E-state index contributed by atoms with van der Waals surface area (Å²) in [5.74, 6) is 2.92. The van der Waals surface area contributed by atoms with Crippen LogP contribution in [-0.4, -0.2) is 11.7 Å². The highest BCUT2D eigenvalue weighted by Crippen LogP contribution is 2.21. The number of nitrogens with zero attached hydrogens (tertiary/aromatic N) is 1. The molecule has 0 radical (unpaired) electrons. The van der Waals surface area contributed by atoms with E-state index in [0.717, 1.165) is 10.9 Å². The summed E-state index contributed by atoms with van der Waals surface area (Å²) in [6, 6.07) is 6.25. The highest BCUT2D eigenvalue weighted by Gasteiger charge is 2.06. The van der Waals surface area contributed by atoms with Crippen LogP contribution in [0.5, 0.6) is 0 Å². The number of thioether (sulfide) groups is 1. The molecule has 2 rings (SSSR count). The summed E-state index contributed by atoms with van der Waals surface area (Å²) in [5, 5.41) is 7.19. The molecule has 0 amide bonds. The van der Waals surface area contributed by atoms with Crippen molar-refractivity contribution < 1.29 is 0 Å². The van der Waals surface area contributed by atoms with Gasteiger partial charge >= 0.3 is 0 Å². The van der Waals surface area contributed by atoms with Crippen molar-refractivity contribution in [3.8, 4) is 11.2 Å². The molecule has 0 atom stereocenters. The molecule has 2 nitrogen and oxygen atoms in total. The van der Waals surface area contributed by atoms with Crippen LogP contribution >= 0.6 is 11.8 Å². The second kappa shape index (κ2) is 4.41. The van der Waals surface area contributed by atoms with Crippen LogP contribution in [0, 0.1) is 25.0 Å². The molecule has 0 saturated carbocycles. The van der Waals surface area contributed by atoms with Gasteiger partial charge in [-0.05, 0) is 42.0 Å². The molecule has 0 spiro atoms. The van der Waals surface area contributed by atoms with Gasteiger partial charge in [-0.1, -0.05) is 24.1 Å². The number of benzene rings is 1. The Balaban J connectivity index is 2.22. The third-order valence-electron chi connectivity index (χ3n) is 2.23. The number of aryl methyl sites for hydroxylation is 2. The molecular weight excluding hydrogens is 204 g/mol. The Morgan fingerprint density at radius 2 is 2.07 bits per heavy atom. The van der Waals surface area contributed by atoms with Crippen molar-refractivity contribution in [1.82, 2.24) is 0 Å². The number of anilines is 1. The molecule has 1 aliphatic rings. The fourth-order valence-corrected chi connectivity index (χ4v) is 1.96. The topological polar surface area (TPSA) is 24.4 Å². The first-order valence-electron chi connectivity index (χ1n) is 4.80. The molecule has 0 bridgehead atoms. The zero-order valence-corrected chi connectivity index (χ0v) is 9.61. The number of amidine groups is 1. The van der Waals surface area contributed by atoms with Gasteiger partial charge in [0.1, 0.15) is 6.54 Å². The highest BCUT2D eigenvalue weighted by atomic mass is 32.2. The largest absolute Gasteiger partial charge is 0.334 e. The Bertz CT molecular complexity index is 446. The third-order valence-corrected chi connectivity index (χ3v) is 2.91. The fourth-order valence-electron chi connectivity index (χ4n) is 1.44. The van der Waals surface area contributed by atoms with Crippen LogP contribution in [0.2, 0.25) is 0 Å². The van der Waals surface area contributed by atoms with Crippen molar-refractivity contribution in [3.05, 3.63) is 29.3 Å². The monoisotopic (exact) mass is 216 g/mol. The molecule has 1 heterocycles. The van der Waals surface area contributed by atoms with Crippen molar-refractivity contribution in [2.24, 2.45) is 4.99 Å². The van der Waals surface area contributed by atoms with E-state index in [0.29, 0.717) is 6.54 Å². The summed E-state index contributed by atoms with van der Waals surface area (Å²) < 4.78 is 0. The zero-order chi connectivity index (χ0) is 10.7. The minimum atomic E-state index is 0.597. The molecule has 1 N–H and O–H groups in total. The van der Waals surface area contributed by atoms with Crippen LogP contribution in [0.25, 0.3) is 0 Å². The normalized spacial score (nSPS) is 13.9. The van der Waals surface area contributed by atoms with E-state index in [9.17, 15) is 0 Å². The van der Waals surface area contributed by atoms with Gasteiger partial charge in [-0.15, -0.1) is 0 Å². The lowest BCUT2D eigenvalue weighted by atomic mass is 10.1. The lowest BCUT2D eigenvalue weighted by Gasteiger charge is -2.13. The summed E-state index contributed by atoms with van der Waals surface area (Å²) in [6.07, 6.45) is 0. The van der Waals surface area contributed by atoms with E-state index >= 15 is 0 Å². The molecule has 0 aliphatic carbocycles. The second-order valence-electron chi connectivity index (χ2n) is 3.39. The standard InChI is InChI=1S/C12H12N2S/c1-9-5-3-6-10(2)11(9)14-12-13-7-4-8-15-12/h3,5-6H,7H2,1-2H3,(H,13,14). The first-order valence-corrected chi connectivity index (χ1v) is 5.61. The minimum absolute atomic E-state index is 0.597. The summed E-state index contributed by atoms with van der Waals surface area (Å²) >= 11 is 1.45. The average Bonchev–Trinajstić information content (AvgIpc) is 2.25. The molecule has 1 aromatic rings. The van der Waals surface area contributed by atoms with Crippen LogP contribution in [0.1, 0.15) is 11.1 Å². The molecule has 1 aliphatic heterocycles. The summed E-state index contributed by atoms with van der Waals surface area (Å²) in [6.45, 7) is 4.78. The van der Waals surface area contributed by atoms with Gasteiger partial charge in [0.05, 0.1) is 0 Å². The third kappa shape index (κ3) is 2.34. The highest BCUT2D eigenvalue weighted by molar-refractivity contribution is 8.18. The van der Waals surface area contributed by atoms with Gasteiger partial charge in [-0.3, -0.25) is 0 Å². The Morgan fingerprint density at radius 3 is 2.67 bits per heavy atom. The summed E-state index contributed by atoms with van der Waals surface area (Å²) in [4.78, 5) is 4.30. The van der Waals surface area contributed by atoms with E-state index in [1.54, 1.807) is 0 Å². The van der Waals surface area contributed by atoms with Gasteiger partial charge in [0.2, 0.25) is 0 Å². The van der Waals surface area contributed by atoms with Gasteiger partial charge in [0.15, 0.2) is 5.17 Å². The molecule has 3 heteroatoms. The quantitative estimate of drug-likeness (QED) is 0.730. The van der Waals surface area contributed by atoms with Crippen LogP contribution in [-0.2, 0) is 0 Å². The lowest BCUT2D eigenvalue weighted by molar-refractivity contribution is 1.28. The minimum Gasteiger partial charge on any atom is -0.334 e. The maximum absolute atomic E-state index is 4.30. The maximum Gasteiger partial charge on any atom is 0.174 e. The van der Waals surface area contributed by atoms with Crippen molar-refractivity contribution in [2.45, 2.75) is 13.8 Å². The van der Waals surface area contributed by atoms with E-state index in [1.165, 1.54) is 22.9 Å². The molecule has 0 saturated heterocycles. The average molecular weight is 216 g/mol. The van der Waals surface area contributed by atoms with Crippen LogP contribution < -0.4 is 5.32 Å². The second-order valence-corrected chi connectivity index (χ2v) is 4.19. The predicted octanol–water partition coefficient (Wildman–Crippen LogP) is 2.78. The van der Waals surface area contributed by atoms with Crippen molar-refractivity contribution >= 4 is 22.6 Å². The van der Waals surface area contributed by atoms with Gasteiger partial charge in [0, 0.05) is 5.69 Å². The number of hydrogen-bond acceptors (Lipinski definition) is 3. The molecule has 15 heavy (non-hydrogen) atoms. The SMILES string of the molecule is Cc1cccc(C)c1NC1=NCC#CS1.